The molecule has 0 aromatic carbocycles. The van der Waals surface area contributed by atoms with E-state index in [4.69, 9.17) is 5.73 Å². The van der Waals surface area contributed by atoms with Gasteiger partial charge in [0.1, 0.15) is 0 Å². The molecule has 0 aliphatic heterocycles. The van der Waals surface area contributed by atoms with Crippen LogP contribution >= 0.6 is 12.4 Å². The topological polar surface area (TPSA) is 72.9 Å². The van der Waals surface area contributed by atoms with Gasteiger partial charge in [0.15, 0.2) is 0 Å². The smallest absolute Gasteiger partial charge is 0.222 e. The normalized spacial score (nSPS) is 16.9. The third kappa shape index (κ3) is 4.84. The van der Waals surface area contributed by atoms with Crippen LogP contribution in [0.1, 0.15) is 32.1 Å². The zero-order valence-corrected chi connectivity index (χ0v) is 11.9. The predicted octanol–water partition coefficient (Wildman–Crippen LogP) is 1.33. The molecule has 1 unspecified atom stereocenters. The molecule has 1 aromatic rings. The van der Waals surface area contributed by atoms with Gasteiger partial charge in [-0.25, -0.2) is 4.98 Å². The lowest BCUT2D eigenvalue weighted by Crippen LogP contribution is -2.44. The zero-order chi connectivity index (χ0) is 12.8. The summed E-state index contributed by atoms with van der Waals surface area (Å²) in [5.41, 5.74) is 5.76. The van der Waals surface area contributed by atoms with Crippen molar-refractivity contribution in [3.05, 3.63) is 18.7 Å². The van der Waals surface area contributed by atoms with Crippen LogP contribution in [-0.4, -0.2) is 28.0 Å². The quantitative estimate of drug-likeness (QED) is 0.829. The monoisotopic (exact) mass is 286 g/mol. The summed E-state index contributed by atoms with van der Waals surface area (Å²) in [4.78, 5) is 15.8. The molecule has 1 aromatic heterocycles. The van der Waals surface area contributed by atoms with Gasteiger partial charge in [-0.3, -0.25) is 4.79 Å². The predicted molar refractivity (Wildman–Crippen MR) is 77.0 cm³/mol. The Morgan fingerprint density at radius 3 is 2.79 bits per heavy atom. The molecule has 0 bridgehead atoms. The largest absolute Gasteiger partial charge is 0.352 e. The third-order valence-electron chi connectivity index (χ3n) is 3.73. The average molecular weight is 287 g/mol. The number of amides is 1. The Labute approximate surface area is 120 Å². The Morgan fingerprint density at radius 1 is 1.47 bits per heavy atom. The maximum absolute atomic E-state index is 11.9. The number of nitrogens with zero attached hydrogens (tertiary/aromatic N) is 2. The fraction of sp³-hybridized carbons (Fsp3) is 0.692. The highest BCUT2D eigenvalue weighted by Crippen LogP contribution is 2.27. The fourth-order valence-electron chi connectivity index (χ4n) is 2.66. The average Bonchev–Trinajstić information content (AvgIpc) is 3.05. The van der Waals surface area contributed by atoms with Crippen molar-refractivity contribution in [3.8, 4) is 0 Å². The number of rotatable bonds is 6. The van der Waals surface area contributed by atoms with E-state index in [9.17, 15) is 4.79 Å². The lowest BCUT2D eigenvalue weighted by atomic mass is 9.98. The van der Waals surface area contributed by atoms with Crippen LogP contribution < -0.4 is 11.1 Å². The highest BCUT2D eigenvalue weighted by molar-refractivity contribution is 5.85. The van der Waals surface area contributed by atoms with E-state index in [0.717, 1.165) is 0 Å². The van der Waals surface area contributed by atoms with E-state index >= 15 is 0 Å². The molecule has 6 heteroatoms. The molecule has 0 saturated heterocycles. The van der Waals surface area contributed by atoms with Gasteiger partial charge in [0.25, 0.3) is 0 Å². The summed E-state index contributed by atoms with van der Waals surface area (Å²) >= 11 is 0. The van der Waals surface area contributed by atoms with E-state index in [1.54, 1.807) is 12.5 Å². The first-order chi connectivity index (χ1) is 8.79. The van der Waals surface area contributed by atoms with E-state index in [2.05, 4.69) is 10.3 Å². The van der Waals surface area contributed by atoms with Crippen molar-refractivity contribution in [2.75, 3.05) is 6.54 Å². The van der Waals surface area contributed by atoms with Crippen molar-refractivity contribution in [2.24, 2.45) is 11.7 Å². The molecule has 1 atom stereocenters. The molecule has 5 nitrogen and oxygen atoms in total. The SMILES string of the molecule is Cl.NCC(NC(=O)CCn1ccnc1)C1CCCC1. The van der Waals surface area contributed by atoms with Crippen molar-refractivity contribution in [1.29, 1.82) is 0 Å². The molecule has 1 aliphatic rings. The number of hydrogen-bond donors (Lipinski definition) is 2. The lowest BCUT2D eigenvalue weighted by molar-refractivity contribution is -0.122. The summed E-state index contributed by atoms with van der Waals surface area (Å²) < 4.78 is 1.91. The van der Waals surface area contributed by atoms with Crippen LogP contribution in [0.5, 0.6) is 0 Å². The van der Waals surface area contributed by atoms with Crippen molar-refractivity contribution < 1.29 is 4.79 Å². The van der Waals surface area contributed by atoms with Crippen LogP contribution in [0.3, 0.4) is 0 Å². The van der Waals surface area contributed by atoms with Gasteiger partial charge in [0, 0.05) is 37.9 Å². The molecule has 1 saturated carbocycles. The molecule has 108 valence electrons. The van der Waals surface area contributed by atoms with Gasteiger partial charge in [-0.2, -0.15) is 0 Å². The number of nitrogens with one attached hydrogen (secondary N) is 1. The summed E-state index contributed by atoms with van der Waals surface area (Å²) in [5, 5.41) is 3.07. The Morgan fingerprint density at radius 2 is 2.21 bits per heavy atom. The van der Waals surface area contributed by atoms with Crippen molar-refractivity contribution in [1.82, 2.24) is 14.9 Å². The Balaban J connectivity index is 0.00000180. The first-order valence-electron chi connectivity index (χ1n) is 6.75. The van der Waals surface area contributed by atoms with Crippen LogP contribution in [0.4, 0.5) is 0 Å². The maximum Gasteiger partial charge on any atom is 0.222 e. The second-order valence-electron chi connectivity index (χ2n) is 5.00. The summed E-state index contributed by atoms with van der Waals surface area (Å²) in [6.45, 7) is 1.22. The van der Waals surface area contributed by atoms with E-state index in [-0.39, 0.29) is 24.4 Å². The number of carbonyl (C=O) groups excluding carboxylic acids is 1. The van der Waals surface area contributed by atoms with Gasteiger partial charge in [-0.1, -0.05) is 12.8 Å². The lowest BCUT2D eigenvalue weighted by Gasteiger charge is -2.23. The molecular formula is C13H23ClN4O. The molecule has 1 amide bonds. The molecule has 19 heavy (non-hydrogen) atoms. The van der Waals surface area contributed by atoms with Gasteiger partial charge in [-0.15, -0.1) is 12.4 Å². The van der Waals surface area contributed by atoms with E-state index in [0.29, 0.717) is 25.4 Å². The highest BCUT2D eigenvalue weighted by atomic mass is 35.5. The summed E-state index contributed by atoms with van der Waals surface area (Å²) in [6.07, 6.45) is 10.7. The molecular weight excluding hydrogens is 264 g/mol. The van der Waals surface area contributed by atoms with Crippen molar-refractivity contribution in [3.63, 3.8) is 0 Å². The van der Waals surface area contributed by atoms with Crippen LogP contribution in [0.25, 0.3) is 0 Å². The van der Waals surface area contributed by atoms with Crippen molar-refractivity contribution in [2.45, 2.75) is 44.7 Å². The highest BCUT2D eigenvalue weighted by Gasteiger charge is 2.24. The zero-order valence-electron chi connectivity index (χ0n) is 11.1. The van der Waals surface area contributed by atoms with Crippen LogP contribution in [0, 0.1) is 5.92 Å². The Bertz CT molecular complexity index is 363. The number of carbonyl (C=O) groups is 1. The van der Waals surface area contributed by atoms with Crippen LogP contribution in [-0.2, 0) is 11.3 Å². The molecule has 1 aliphatic carbocycles. The fourth-order valence-corrected chi connectivity index (χ4v) is 2.66. The number of nitrogens with two attached hydrogens (primary N) is 1. The second-order valence-corrected chi connectivity index (χ2v) is 5.00. The molecule has 1 heterocycles. The van der Waals surface area contributed by atoms with E-state index in [1.165, 1.54) is 25.7 Å². The summed E-state index contributed by atoms with van der Waals surface area (Å²) in [6, 6.07) is 0.155. The number of aryl methyl sites for hydroxylation is 1. The van der Waals surface area contributed by atoms with Gasteiger partial charge in [-0.05, 0) is 18.8 Å². The summed E-state index contributed by atoms with van der Waals surface area (Å²) in [7, 11) is 0. The Hall–Kier alpha value is -1.07. The first kappa shape index (κ1) is 16.0. The minimum atomic E-state index is 0. The molecule has 0 spiro atoms. The van der Waals surface area contributed by atoms with Crippen molar-refractivity contribution >= 4 is 18.3 Å². The number of hydrogen-bond acceptors (Lipinski definition) is 3. The maximum atomic E-state index is 11.9. The number of aromatic nitrogens is 2. The minimum absolute atomic E-state index is 0. The molecule has 2 rings (SSSR count). The van der Waals surface area contributed by atoms with Crippen LogP contribution in [0.2, 0.25) is 0 Å². The second kappa shape index (κ2) is 8.17. The molecule has 3 N–H and O–H groups in total. The van der Waals surface area contributed by atoms with Gasteiger partial charge >= 0.3 is 0 Å². The number of halogens is 1. The number of imidazole rings is 1. The summed E-state index contributed by atoms with van der Waals surface area (Å²) in [5.74, 6) is 0.665. The third-order valence-corrected chi connectivity index (χ3v) is 3.73. The van der Waals surface area contributed by atoms with Gasteiger partial charge < -0.3 is 15.6 Å². The molecule has 1 fully saturated rings. The van der Waals surface area contributed by atoms with Gasteiger partial charge in [0.05, 0.1) is 6.33 Å². The van der Waals surface area contributed by atoms with Crippen LogP contribution in [0.15, 0.2) is 18.7 Å². The standard InChI is InChI=1S/C13H22N4O.ClH/c14-9-12(11-3-1-2-4-11)16-13(18)5-7-17-8-6-15-10-17;/h6,8,10-12H,1-5,7,9,14H2,(H,16,18);1H. The Kier molecular flexibility index (Phi) is 6.87. The van der Waals surface area contributed by atoms with E-state index in [1.807, 2.05) is 10.8 Å². The van der Waals surface area contributed by atoms with E-state index < -0.39 is 0 Å². The minimum Gasteiger partial charge on any atom is -0.352 e. The van der Waals surface area contributed by atoms with Gasteiger partial charge in [0.2, 0.25) is 5.91 Å². The first-order valence-corrected chi connectivity index (χ1v) is 6.75. The molecule has 0 radical (unpaired) electrons.